The van der Waals surface area contributed by atoms with Crippen LogP contribution in [-0.4, -0.2) is 31.5 Å². The molecule has 2 rings (SSSR count). The molecule has 0 radical (unpaired) electrons. The number of carboxylic acids is 1. The van der Waals surface area contributed by atoms with E-state index in [1.807, 2.05) is 13.8 Å². The lowest BCUT2D eigenvalue weighted by Gasteiger charge is -2.26. The van der Waals surface area contributed by atoms with Gasteiger partial charge in [0.15, 0.2) is 0 Å². The van der Waals surface area contributed by atoms with Crippen LogP contribution in [0.25, 0.3) is 10.2 Å². The number of carbonyl (C=O) groups is 1. The number of hydrogen-bond donors (Lipinski definition) is 2. The van der Waals surface area contributed by atoms with Gasteiger partial charge in [-0.1, -0.05) is 0 Å². The molecule has 2 heterocycles. The zero-order valence-corrected chi connectivity index (χ0v) is 12.3. The van der Waals surface area contributed by atoms with Crippen molar-refractivity contribution < 1.29 is 14.8 Å². The SMILES string of the molecule is CC(C)(CCC(=O)O)Nc1ncnc2sc([N+](=O)[O-])cc12. The molecule has 112 valence electrons. The number of fused-ring (bicyclic) bond motifs is 1. The lowest BCUT2D eigenvalue weighted by atomic mass is 9.98. The Morgan fingerprint density at radius 3 is 2.86 bits per heavy atom. The van der Waals surface area contributed by atoms with Gasteiger partial charge in [-0.25, -0.2) is 9.97 Å². The summed E-state index contributed by atoms with van der Waals surface area (Å²) in [5.41, 5.74) is -0.504. The minimum absolute atomic E-state index is 0.00288. The van der Waals surface area contributed by atoms with E-state index in [1.165, 1.54) is 12.4 Å². The van der Waals surface area contributed by atoms with Crippen molar-refractivity contribution in [1.29, 1.82) is 0 Å². The Morgan fingerprint density at radius 2 is 2.24 bits per heavy atom. The Morgan fingerprint density at radius 1 is 1.52 bits per heavy atom. The molecule has 2 aromatic heterocycles. The second-order valence-electron chi connectivity index (χ2n) is 5.19. The number of rotatable bonds is 6. The maximum absolute atomic E-state index is 10.8. The summed E-state index contributed by atoms with van der Waals surface area (Å²) < 4.78 is 0. The summed E-state index contributed by atoms with van der Waals surface area (Å²) in [7, 11) is 0. The van der Waals surface area contributed by atoms with Crippen molar-refractivity contribution in [3.63, 3.8) is 0 Å². The van der Waals surface area contributed by atoms with Crippen LogP contribution in [0.3, 0.4) is 0 Å². The zero-order chi connectivity index (χ0) is 15.6. The van der Waals surface area contributed by atoms with Crippen LogP contribution in [-0.2, 0) is 4.79 Å². The highest BCUT2D eigenvalue weighted by atomic mass is 32.1. The lowest BCUT2D eigenvalue weighted by Crippen LogP contribution is -2.32. The molecule has 0 saturated heterocycles. The molecule has 9 heteroatoms. The quantitative estimate of drug-likeness (QED) is 0.621. The van der Waals surface area contributed by atoms with E-state index < -0.39 is 16.4 Å². The van der Waals surface area contributed by atoms with Gasteiger partial charge in [0, 0.05) is 18.0 Å². The van der Waals surface area contributed by atoms with Crippen LogP contribution in [0.2, 0.25) is 0 Å². The summed E-state index contributed by atoms with van der Waals surface area (Å²) in [6, 6.07) is 1.43. The molecule has 0 unspecified atom stereocenters. The molecule has 0 atom stereocenters. The van der Waals surface area contributed by atoms with Crippen LogP contribution in [0.15, 0.2) is 12.4 Å². The number of thiophene rings is 1. The van der Waals surface area contributed by atoms with Gasteiger partial charge >= 0.3 is 11.0 Å². The maximum atomic E-state index is 10.8. The number of aromatic nitrogens is 2. The van der Waals surface area contributed by atoms with Crippen LogP contribution >= 0.6 is 11.3 Å². The van der Waals surface area contributed by atoms with Gasteiger partial charge in [-0.2, -0.15) is 0 Å². The van der Waals surface area contributed by atoms with Crippen molar-refractivity contribution in [1.82, 2.24) is 9.97 Å². The summed E-state index contributed by atoms with van der Waals surface area (Å²) in [5, 5.41) is 23.3. The van der Waals surface area contributed by atoms with E-state index in [9.17, 15) is 14.9 Å². The van der Waals surface area contributed by atoms with Crippen molar-refractivity contribution in [2.45, 2.75) is 32.2 Å². The zero-order valence-electron chi connectivity index (χ0n) is 11.5. The van der Waals surface area contributed by atoms with Gasteiger partial charge in [-0.15, -0.1) is 0 Å². The first-order valence-corrected chi connectivity index (χ1v) is 6.99. The summed E-state index contributed by atoms with van der Waals surface area (Å²) in [6.45, 7) is 3.70. The third-order valence-corrected chi connectivity index (χ3v) is 3.91. The molecule has 0 aliphatic rings. The van der Waals surface area contributed by atoms with E-state index in [2.05, 4.69) is 15.3 Å². The first-order valence-electron chi connectivity index (χ1n) is 6.17. The van der Waals surface area contributed by atoms with Crippen LogP contribution in [0, 0.1) is 10.1 Å². The van der Waals surface area contributed by atoms with Crippen LogP contribution in [0.5, 0.6) is 0 Å². The predicted molar refractivity (Wildman–Crippen MR) is 78.6 cm³/mol. The molecular formula is C12H14N4O4S. The molecule has 0 amide bonds. The van der Waals surface area contributed by atoms with Crippen molar-refractivity contribution >= 4 is 38.3 Å². The molecule has 0 aromatic carbocycles. The molecular weight excluding hydrogens is 296 g/mol. The average molecular weight is 310 g/mol. The Kier molecular flexibility index (Phi) is 4.03. The number of anilines is 1. The molecule has 0 spiro atoms. The summed E-state index contributed by atoms with van der Waals surface area (Å²) in [4.78, 5) is 29.7. The fourth-order valence-corrected chi connectivity index (χ4v) is 2.65. The molecule has 21 heavy (non-hydrogen) atoms. The third-order valence-electron chi connectivity index (χ3n) is 2.92. The molecule has 0 aliphatic carbocycles. The van der Waals surface area contributed by atoms with E-state index in [4.69, 9.17) is 5.11 Å². The lowest BCUT2D eigenvalue weighted by molar-refractivity contribution is -0.380. The molecule has 2 N–H and O–H groups in total. The highest BCUT2D eigenvalue weighted by Crippen LogP contribution is 2.34. The molecule has 0 aliphatic heterocycles. The summed E-state index contributed by atoms with van der Waals surface area (Å²) in [5.74, 6) is -0.399. The number of hydrogen-bond acceptors (Lipinski definition) is 7. The Labute approximate surface area is 124 Å². The smallest absolute Gasteiger partial charge is 0.326 e. The van der Waals surface area contributed by atoms with Gasteiger partial charge in [-0.3, -0.25) is 14.9 Å². The van der Waals surface area contributed by atoms with Crippen molar-refractivity contribution in [3.05, 3.63) is 22.5 Å². The normalized spacial score (nSPS) is 11.5. The van der Waals surface area contributed by atoms with Crippen molar-refractivity contribution in [3.8, 4) is 0 Å². The fourth-order valence-electron chi connectivity index (χ4n) is 1.83. The molecule has 0 saturated carbocycles. The van der Waals surface area contributed by atoms with E-state index in [1.54, 1.807) is 0 Å². The van der Waals surface area contributed by atoms with Crippen molar-refractivity contribution in [2.75, 3.05) is 5.32 Å². The summed E-state index contributed by atoms with van der Waals surface area (Å²) >= 11 is 0.979. The highest BCUT2D eigenvalue weighted by molar-refractivity contribution is 7.21. The second kappa shape index (κ2) is 5.60. The van der Waals surface area contributed by atoms with Gasteiger partial charge in [0.05, 0.1) is 10.3 Å². The largest absolute Gasteiger partial charge is 0.481 e. The van der Waals surface area contributed by atoms with Crippen LogP contribution in [0.1, 0.15) is 26.7 Å². The standard InChI is InChI=1S/C12H14N4O4S/c1-12(2,4-3-9(17)18)15-10-7-5-8(16(19)20)21-11(7)14-6-13-10/h5-6H,3-4H2,1-2H3,(H,17,18)(H,13,14,15). The summed E-state index contributed by atoms with van der Waals surface area (Å²) in [6.07, 6.45) is 1.76. The third kappa shape index (κ3) is 3.63. The van der Waals surface area contributed by atoms with E-state index in [0.717, 1.165) is 11.3 Å². The topological polar surface area (TPSA) is 118 Å². The number of aliphatic carboxylic acids is 1. The minimum atomic E-state index is -0.871. The van der Waals surface area contributed by atoms with E-state index in [-0.39, 0.29) is 11.4 Å². The number of nitrogens with one attached hydrogen (secondary N) is 1. The fraction of sp³-hybridized carbons (Fsp3) is 0.417. The van der Waals surface area contributed by atoms with Gasteiger partial charge in [0.2, 0.25) is 0 Å². The predicted octanol–water partition coefficient (Wildman–Crippen LogP) is 2.65. The van der Waals surface area contributed by atoms with Gasteiger partial charge in [0.1, 0.15) is 17.0 Å². The monoisotopic (exact) mass is 310 g/mol. The number of nitrogens with zero attached hydrogens (tertiary/aromatic N) is 3. The van der Waals surface area contributed by atoms with Crippen LogP contribution in [0.4, 0.5) is 10.8 Å². The van der Waals surface area contributed by atoms with Crippen LogP contribution < -0.4 is 5.32 Å². The first-order chi connectivity index (χ1) is 9.78. The van der Waals surface area contributed by atoms with Gasteiger partial charge < -0.3 is 10.4 Å². The number of carboxylic acid groups (broad SMARTS) is 1. The van der Waals surface area contributed by atoms with Crippen molar-refractivity contribution in [2.24, 2.45) is 0 Å². The molecule has 8 nitrogen and oxygen atoms in total. The molecule has 0 fully saturated rings. The number of nitro groups is 1. The first kappa shape index (κ1) is 15.1. The Balaban J connectivity index is 2.29. The van der Waals surface area contributed by atoms with E-state index >= 15 is 0 Å². The minimum Gasteiger partial charge on any atom is -0.481 e. The highest BCUT2D eigenvalue weighted by Gasteiger charge is 2.22. The van der Waals surface area contributed by atoms with Gasteiger partial charge in [-0.05, 0) is 31.6 Å². The van der Waals surface area contributed by atoms with E-state index in [0.29, 0.717) is 22.5 Å². The Hall–Kier alpha value is -2.29. The Bertz CT molecular complexity index is 698. The molecule has 2 aromatic rings. The second-order valence-corrected chi connectivity index (χ2v) is 6.19. The maximum Gasteiger partial charge on any atom is 0.326 e. The van der Waals surface area contributed by atoms with Gasteiger partial charge in [0.25, 0.3) is 0 Å². The molecule has 0 bridgehead atoms. The average Bonchev–Trinajstić information content (AvgIpc) is 2.81.